The second kappa shape index (κ2) is 49.1. The molecule has 4 amide bonds. The summed E-state index contributed by atoms with van der Waals surface area (Å²) in [5, 5.41) is -1.48. The summed E-state index contributed by atoms with van der Waals surface area (Å²) in [7, 11) is -4.98. The zero-order valence-electron chi connectivity index (χ0n) is 51.7. The Morgan fingerprint density at radius 1 is 0.424 bits per heavy atom. The van der Waals surface area contributed by atoms with Crippen molar-refractivity contribution >= 4 is 57.6 Å². The first-order chi connectivity index (χ1) is 43.3. The third-order valence-electron chi connectivity index (χ3n) is 11.3. The zero-order valence-corrected chi connectivity index (χ0v) is 52.5. The second-order valence-corrected chi connectivity index (χ2v) is 20.2. The number of nitrogens with zero attached hydrogens (tertiary/aromatic N) is 2. The van der Waals surface area contributed by atoms with E-state index in [-0.39, 0.29) is 96.9 Å². The molecular formula is C57H79F9N2O23S. The number of carbonyl (C=O) groups excluding carboxylic acids is 8. The van der Waals surface area contributed by atoms with Gasteiger partial charge < -0.3 is 61.6 Å². The summed E-state index contributed by atoms with van der Waals surface area (Å²) >= 11 is 0. The topological polar surface area (TPSA) is 311 Å². The third kappa shape index (κ3) is 34.4. The van der Waals surface area contributed by atoms with E-state index in [0.29, 0.717) is 64.5 Å². The summed E-state index contributed by atoms with van der Waals surface area (Å²) in [6.07, 6.45) is 6.28. The third-order valence-corrected chi connectivity index (χ3v) is 12.4. The maximum absolute atomic E-state index is 13.3. The number of carbonyl (C=O) groups is 8. The molecule has 0 saturated carbocycles. The molecule has 0 aromatic heterocycles. The lowest BCUT2D eigenvalue weighted by Gasteiger charge is -2.15. The molecule has 0 aliphatic carbocycles. The monoisotopic (exact) mass is 1360 g/mol. The zero-order chi connectivity index (χ0) is 68.3. The maximum Gasteiger partial charge on any atom is 0.335 e. The van der Waals surface area contributed by atoms with E-state index in [0.717, 1.165) is 51.4 Å². The van der Waals surface area contributed by atoms with E-state index >= 15 is 0 Å². The van der Waals surface area contributed by atoms with Crippen molar-refractivity contribution in [2.75, 3.05) is 106 Å². The van der Waals surface area contributed by atoms with Crippen molar-refractivity contribution in [2.24, 2.45) is 0 Å². The highest BCUT2D eigenvalue weighted by molar-refractivity contribution is 7.87. The van der Waals surface area contributed by atoms with E-state index in [2.05, 4.69) is 26.1 Å². The van der Waals surface area contributed by atoms with Crippen molar-refractivity contribution in [3.05, 3.63) is 65.8 Å². The van der Waals surface area contributed by atoms with Crippen LogP contribution < -0.4 is 9.47 Å². The largest absolute Gasteiger partial charge is 0.747 e. The van der Waals surface area contributed by atoms with E-state index < -0.39 is 140 Å². The van der Waals surface area contributed by atoms with Gasteiger partial charge in [0, 0.05) is 52.8 Å². The predicted molar refractivity (Wildman–Crippen MR) is 298 cm³/mol. The molecule has 1 atom stereocenters. The van der Waals surface area contributed by atoms with Gasteiger partial charge in [-0.3, -0.25) is 28.8 Å². The van der Waals surface area contributed by atoms with Gasteiger partial charge in [-0.25, -0.2) is 40.0 Å². The average molecular weight is 1360 g/mol. The molecule has 0 N–H and O–H groups in total. The Morgan fingerprint density at radius 2 is 0.707 bits per heavy atom. The minimum absolute atomic E-state index is 0. The maximum atomic E-state index is 13.3. The molecule has 2 heterocycles. The van der Waals surface area contributed by atoms with Crippen molar-refractivity contribution in [1.29, 1.82) is 0 Å². The summed E-state index contributed by atoms with van der Waals surface area (Å²) < 4.78 is 200. The van der Waals surface area contributed by atoms with Gasteiger partial charge in [-0.1, -0.05) is 53.4 Å². The van der Waals surface area contributed by atoms with Crippen LogP contribution in [-0.2, 0) is 96.0 Å². The number of rotatable bonds is 41. The molecule has 4 rings (SSSR count). The molecule has 35 heteroatoms. The normalized spacial score (nSPS) is 13.6. The summed E-state index contributed by atoms with van der Waals surface area (Å²) in [6, 6.07) is 0.0314. The van der Waals surface area contributed by atoms with Gasteiger partial charge in [0.05, 0.1) is 111 Å². The number of hydroxylamine groups is 4. The summed E-state index contributed by atoms with van der Waals surface area (Å²) in [5.41, 5.74) is 0. The Kier molecular flexibility index (Phi) is 45.6. The molecule has 524 valence electrons. The van der Waals surface area contributed by atoms with Crippen LogP contribution in [0.15, 0.2) is 6.07 Å². The van der Waals surface area contributed by atoms with Crippen LogP contribution in [0.5, 0.6) is 11.5 Å². The van der Waals surface area contributed by atoms with Crippen LogP contribution in [0, 0.1) is 59.8 Å². The van der Waals surface area contributed by atoms with Crippen molar-refractivity contribution in [3.8, 4) is 11.5 Å². The van der Waals surface area contributed by atoms with Crippen LogP contribution in [0.3, 0.4) is 0 Å². The van der Waals surface area contributed by atoms with Crippen LogP contribution >= 0.6 is 0 Å². The van der Waals surface area contributed by atoms with Crippen molar-refractivity contribution in [1.82, 2.24) is 10.1 Å². The van der Waals surface area contributed by atoms with Gasteiger partial charge in [-0.05, 0) is 25.7 Å². The van der Waals surface area contributed by atoms with Crippen molar-refractivity contribution in [2.45, 2.75) is 129 Å². The van der Waals surface area contributed by atoms with Crippen LogP contribution in [0.25, 0.3) is 0 Å². The first-order valence-corrected chi connectivity index (χ1v) is 30.2. The quantitative estimate of drug-likeness (QED) is 0.00716. The molecule has 25 nitrogen and oxygen atoms in total. The number of imide groups is 2. The number of ether oxygens (including phenoxy) is 10. The predicted octanol–water partition coefficient (Wildman–Crippen LogP) is 7.49. The number of unbranched alkanes of at least 4 members (excludes halogenated alkanes) is 4. The number of hydrogen-bond acceptors (Lipinski definition) is 23. The van der Waals surface area contributed by atoms with E-state index in [1.165, 1.54) is 0 Å². The lowest BCUT2D eigenvalue weighted by molar-refractivity contribution is -0.198. The standard InChI is InChI=1S/C15H17F5O4.C15H18F4O4.C13H21NO9S.C13H21NO6.CH3/c1-2-3-5-22-7-8-23-6-4-9(21)24-15-13(19)11(17)10(16)12(18)14(15)20;1-2-3-5-21-7-8-22-6-4-12(20)23-15-13(18)10(16)9-11(17)14(15)19;1-2-3-5-21-7-8-22-6-4-12(16)23-14-11(15)9-10(13(14)17)24(18,19)20;1-2-3-7-18-9-10-19-8-6-13(17)20-14-11(15)4-5-12(14)16;/h2-8H2,1H3;9H,2-8H2,1H3;10H,2-9H2,1H3,(H,18,19,20);2-10H2,1H3;1H3/q;;;;+1/p-1. The van der Waals surface area contributed by atoms with Crippen LogP contribution in [0.4, 0.5) is 39.5 Å². The number of hydrogen-bond donors (Lipinski definition) is 0. The van der Waals surface area contributed by atoms with Crippen molar-refractivity contribution in [3.63, 3.8) is 0 Å². The van der Waals surface area contributed by atoms with Gasteiger partial charge in [-0.15, -0.1) is 10.1 Å². The van der Waals surface area contributed by atoms with E-state index in [9.17, 15) is 90.8 Å². The van der Waals surface area contributed by atoms with Crippen LogP contribution in [0.2, 0.25) is 0 Å². The fourth-order valence-electron chi connectivity index (χ4n) is 6.40. The number of halogens is 9. The number of esters is 2. The highest BCUT2D eigenvalue weighted by Crippen LogP contribution is 2.30. The fraction of sp³-hybridized carbons (Fsp3) is 0.632. The molecule has 0 radical (unpaired) electrons. The Morgan fingerprint density at radius 3 is 1.01 bits per heavy atom. The Bertz CT molecular complexity index is 2650. The van der Waals surface area contributed by atoms with Gasteiger partial charge >= 0.3 is 23.9 Å². The summed E-state index contributed by atoms with van der Waals surface area (Å²) in [6.45, 7) is 13.3. The van der Waals surface area contributed by atoms with Gasteiger partial charge in [0.1, 0.15) is 15.4 Å². The minimum Gasteiger partial charge on any atom is -0.747 e. The van der Waals surface area contributed by atoms with Crippen LogP contribution in [-0.4, -0.2) is 182 Å². The highest BCUT2D eigenvalue weighted by Gasteiger charge is 2.45. The second-order valence-electron chi connectivity index (χ2n) is 18.7. The first kappa shape index (κ1) is 85.4. The first-order valence-electron chi connectivity index (χ1n) is 28.8. The van der Waals surface area contributed by atoms with Gasteiger partial charge in [0.2, 0.25) is 52.2 Å². The molecule has 92 heavy (non-hydrogen) atoms. The fourth-order valence-corrected chi connectivity index (χ4v) is 7.09. The number of amides is 4. The molecule has 0 bridgehead atoms. The van der Waals surface area contributed by atoms with E-state index in [1.54, 1.807) is 0 Å². The lowest BCUT2D eigenvalue weighted by atomic mass is 10.2. The summed E-state index contributed by atoms with van der Waals surface area (Å²) in [5.74, 6) is -28.2. The van der Waals surface area contributed by atoms with Gasteiger partial charge in [-0.2, -0.15) is 17.6 Å². The molecule has 2 aromatic carbocycles. The SMILES string of the molecule is CCCCOCCOCCC(=O)ON1C(=O)CC(S(=O)(=O)[O-])C1=O.CCCCOCCOCCC(=O)ON1C(=O)CCC1=O.CCCCOCCOCCC(=O)Oc1c(F)c(F)c(F)c(F)c1F.CCCCOCCOCCC(=O)Oc1c(F)c(F)cc(F)c1F.[CH3+]. The van der Waals surface area contributed by atoms with Gasteiger partial charge in [0.15, 0.2) is 11.6 Å². The van der Waals surface area contributed by atoms with Crippen LogP contribution in [0.1, 0.15) is 124 Å². The molecule has 2 fully saturated rings. The molecule has 2 aliphatic heterocycles. The van der Waals surface area contributed by atoms with Crippen molar-refractivity contribution < 1.29 is 148 Å². The van der Waals surface area contributed by atoms with Gasteiger partial charge in [0.25, 0.3) is 23.6 Å². The molecule has 1 unspecified atom stereocenters. The summed E-state index contributed by atoms with van der Waals surface area (Å²) in [4.78, 5) is 100. The lowest BCUT2D eigenvalue weighted by Crippen LogP contribution is -2.36. The average Bonchev–Trinajstić information content (AvgIpc) is 1.04. The molecule has 2 aromatic rings. The Hall–Kier alpha value is -6.57. The molecular weight excluding hydrogens is 1280 g/mol. The molecule has 2 saturated heterocycles. The minimum atomic E-state index is -4.98. The smallest absolute Gasteiger partial charge is 0.335 e. The molecule has 0 spiro atoms. The molecule has 2 aliphatic rings. The van der Waals surface area contributed by atoms with E-state index in [1.807, 2.05) is 20.8 Å². The Balaban J connectivity index is 0.00000120. The van der Waals surface area contributed by atoms with E-state index in [4.69, 9.17) is 37.9 Å². The number of benzene rings is 2. The highest BCUT2D eigenvalue weighted by atomic mass is 32.2. The Labute approximate surface area is 526 Å².